The van der Waals surface area contributed by atoms with Gasteiger partial charge in [-0.15, -0.1) is 0 Å². The Hall–Kier alpha value is -5.46. The van der Waals surface area contributed by atoms with Crippen molar-refractivity contribution >= 4 is 22.9 Å². The van der Waals surface area contributed by atoms with Crippen LogP contribution in [0.15, 0.2) is 128 Å². The molecule has 7 rings (SSSR count). The lowest BCUT2D eigenvalue weighted by molar-refractivity contribution is -0.0942. The first-order valence-electron chi connectivity index (χ1n) is 15.4. The topological polar surface area (TPSA) is 141 Å². The Bertz CT molecular complexity index is 1950. The Kier molecular flexibility index (Phi) is 8.66. The Morgan fingerprint density at radius 3 is 2.04 bits per heavy atom. The normalized spacial score (nSPS) is 19.3. The molecular weight excluding hydrogens is 610 g/mol. The molecule has 6 aromatic rings. The Balaban J connectivity index is 1.19. The first-order chi connectivity index (χ1) is 23.5. The number of nitrogens with zero attached hydrogens (tertiary/aromatic N) is 4. The second kappa shape index (κ2) is 13.3. The van der Waals surface area contributed by atoms with Gasteiger partial charge in [0.25, 0.3) is 5.91 Å². The number of ether oxygens (including phenoxy) is 3. The van der Waals surface area contributed by atoms with Crippen LogP contribution < -0.4 is 10.1 Å². The fourth-order valence-corrected chi connectivity index (χ4v) is 6.12. The lowest BCUT2D eigenvalue weighted by Gasteiger charge is -2.37. The summed E-state index contributed by atoms with van der Waals surface area (Å²) >= 11 is 0. The van der Waals surface area contributed by atoms with Gasteiger partial charge in [0.05, 0.1) is 20.0 Å². The van der Waals surface area contributed by atoms with Crippen LogP contribution in [0.3, 0.4) is 0 Å². The maximum absolute atomic E-state index is 12.8. The highest BCUT2D eigenvalue weighted by atomic mass is 16.6. The third kappa shape index (κ3) is 5.69. The Morgan fingerprint density at radius 2 is 1.42 bits per heavy atom. The second-order valence-electron chi connectivity index (χ2n) is 11.4. The van der Waals surface area contributed by atoms with Crippen LogP contribution in [0.2, 0.25) is 0 Å². The van der Waals surface area contributed by atoms with Crippen molar-refractivity contribution in [3.63, 3.8) is 0 Å². The van der Waals surface area contributed by atoms with Crippen LogP contribution in [0, 0.1) is 0 Å². The van der Waals surface area contributed by atoms with Crippen LogP contribution in [0.5, 0.6) is 5.75 Å². The quantitative estimate of drug-likeness (QED) is 0.181. The van der Waals surface area contributed by atoms with Crippen LogP contribution in [-0.4, -0.2) is 67.7 Å². The molecule has 0 spiro atoms. The number of aromatic nitrogens is 4. The van der Waals surface area contributed by atoms with Crippen LogP contribution in [0.1, 0.15) is 33.3 Å². The number of amides is 1. The molecule has 0 radical (unpaired) electrons. The number of nitrogens with one attached hydrogen (secondary N) is 1. The molecule has 4 aromatic carbocycles. The highest BCUT2D eigenvalue weighted by molar-refractivity contribution is 6.06. The molecule has 0 aliphatic carbocycles. The van der Waals surface area contributed by atoms with Gasteiger partial charge in [0.15, 0.2) is 23.2 Å². The highest BCUT2D eigenvalue weighted by Gasteiger charge is 2.47. The van der Waals surface area contributed by atoms with Crippen LogP contribution in [0.25, 0.3) is 11.2 Å². The second-order valence-corrected chi connectivity index (χ2v) is 11.4. The van der Waals surface area contributed by atoms with E-state index in [1.807, 2.05) is 91.0 Å². The molecule has 1 saturated heterocycles. The number of anilines is 1. The van der Waals surface area contributed by atoms with E-state index in [1.54, 1.807) is 31.4 Å². The fraction of sp³-hybridized carbons (Fsp3) is 0.189. The Labute approximate surface area is 276 Å². The summed E-state index contributed by atoms with van der Waals surface area (Å²) in [5.74, 6) is 0.552. The zero-order valence-corrected chi connectivity index (χ0v) is 26.0. The number of methoxy groups -OCH3 is 1. The maximum atomic E-state index is 12.8. The number of hydrogen-bond donors (Lipinski definition) is 3. The lowest BCUT2D eigenvalue weighted by Crippen LogP contribution is -2.39. The molecular formula is C37H33N5O6. The summed E-state index contributed by atoms with van der Waals surface area (Å²) in [6.45, 7) is -0.0788. The summed E-state index contributed by atoms with van der Waals surface area (Å²) in [4.78, 5) is 25.8. The zero-order chi connectivity index (χ0) is 33.1. The zero-order valence-electron chi connectivity index (χ0n) is 26.0. The minimum absolute atomic E-state index is 0.0788. The molecule has 4 atom stereocenters. The van der Waals surface area contributed by atoms with E-state index in [2.05, 4.69) is 20.3 Å². The molecule has 3 N–H and O–H groups in total. The van der Waals surface area contributed by atoms with Crippen molar-refractivity contribution in [3.8, 4) is 5.75 Å². The largest absolute Gasteiger partial charge is 0.497 e. The molecule has 1 aliphatic heterocycles. The summed E-state index contributed by atoms with van der Waals surface area (Å²) in [7, 11) is 1.62. The molecule has 0 unspecified atom stereocenters. The van der Waals surface area contributed by atoms with Crippen LogP contribution in [0.4, 0.5) is 5.82 Å². The number of benzene rings is 4. The number of rotatable bonds is 10. The maximum Gasteiger partial charge on any atom is 0.256 e. The first-order valence-corrected chi connectivity index (χ1v) is 15.4. The molecule has 1 aliphatic rings. The molecule has 48 heavy (non-hydrogen) atoms. The average molecular weight is 644 g/mol. The minimum Gasteiger partial charge on any atom is -0.497 e. The van der Waals surface area contributed by atoms with Gasteiger partial charge in [-0.3, -0.25) is 9.36 Å². The van der Waals surface area contributed by atoms with Gasteiger partial charge in [0.2, 0.25) is 0 Å². The summed E-state index contributed by atoms with van der Waals surface area (Å²) in [6, 6.07) is 36.0. The first kappa shape index (κ1) is 31.2. The molecule has 1 amide bonds. The molecule has 0 bridgehead atoms. The minimum atomic E-state index is -1.34. The number of carbonyl (C=O) groups excluding carboxylic acids is 1. The van der Waals surface area contributed by atoms with E-state index in [0.29, 0.717) is 22.5 Å². The van der Waals surface area contributed by atoms with E-state index < -0.39 is 30.1 Å². The van der Waals surface area contributed by atoms with Gasteiger partial charge in [-0.2, -0.15) is 0 Å². The van der Waals surface area contributed by atoms with E-state index in [-0.39, 0.29) is 18.3 Å². The summed E-state index contributed by atoms with van der Waals surface area (Å²) < 4.78 is 20.1. The van der Waals surface area contributed by atoms with Crippen molar-refractivity contribution < 1.29 is 29.2 Å². The number of imidazole rings is 1. The van der Waals surface area contributed by atoms with Gasteiger partial charge in [-0.1, -0.05) is 91.0 Å². The summed E-state index contributed by atoms with van der Waals surface area (Å²) in [5, 5.41) is 25.3. The summed E-state index contributed by atoms with van der Waals surface area (Å²) in [6.07, 6.45) is -1.87. The molecule has 242 valence electrons. The van der Waals surface area contributed by atoms with E-state index in [9.17, 15) is 15.0 Å². The molecule has 1 fully saturated rings. The average Bonchev–Trinajstić information content (AvgIpc) is 3.70. The van der Waals surface area contributed by atoms with Gasteiger partial charge in [0.1, 0.15) is 36.0 Å². The number of fused-ring (bicyclic) bond motifs is 1. The Morgan fingerprint density at radius 1 is 0.812 bits per heavy atom. The predicted octanol–water partition coefficient (Wildman–Crippen LogP) is 4.72. The number of carbonyl (C=O) groups is 1. The van der Waals surface area contributed by atoms with Gasteiger partial charge < -0.3 is 29.7 Å². The van der Waals surface area contributed by atoms with E-state index in [0.717, 1.165) is 16.7 Å². The monoisotopic (exact) mass is 643 g/mol. The van der Waals surface area contributed by atoms with Crippen LogP contribution in [-0.2, 0) is 15.1 Å². The molecule has 11 heteroatoms. The van der Waals surface area contributed by atoms with Crippen molar-refractivity contribution in [1.29, 1.82) is 0 Å². The standard InChI is InChI=1S/C37H33N5O6/c1-46-28-19-17-27(18-20-28)37(25-13-7-3-8-14-25,26-15-9-4-10-16-26)47-21-29-31(43)32(44)36(48-29)42-23-40-30-33(38-22-39-34(30)42)41-35(45)24-11-5-2-6-12-24/h2-20,22-23,29,31-32,36,43-44H,21H2,1H3,(H,38,39,41,45)/t29-,31-,32-,36-/m1/s1. The number of aliphatic hydroxyl groups is 2. The van der Waals surface area contributed by atoms with Crippen molar-refractivity contribution in [2.24, 2.45) is 0 Å². The number of hydrogen-bond acceptors (Lipinski definition) is 9. The van der Waals surface area contributed by atoms with Gasteiger partial charge >= 0.3 is 0 Å². The van der Waals surface area contributed by atoms with Gasteiger partial charge in [0, 0.05) is 5.56 Å². The molecule has 3 heterocycles. The molecule has 0 saturated carbocycles. The van der Waals surface area contributed by atoms with Gasteiger partial charge in [-0.25, -0.2) is 15.0 Å². The predicted molar refractivity (Wildman–Crippen MR) is 177 cm³/mol. The van der Waals surface area contributed by atoms with Gasteiger partial charge in [-0.05, 0) is 41.0 Å². The third-order valence-corrected chi connectivity index (χ3v) is 8.56. The molecule has 2 aromatic heterocycles. The summed E-state index contributed by atoms with van der Waals surface area (Å²) in [5.41, 5.74) is 2.56. The molecule has 11 nitrogen and oxygen atoms in total. The fourth-order valence-electron chi connectivity index (χ4n) is 6.12. The smallest absolute Gasteiger partial charge is 0.256 e. The highest BCUT2D eigenvalue weighted by Crippen LogP contribution is 2.42. The number of aliphatic hydroxyl groups excluding tert-OH is 2. The third-order valence-electron chi connectivity index (χ3n) is 8.56. The SMILES string of the molecule is COc1ccc(C(OC[C@H]2O[C@@H](n3cnc4c(NC(=O)c5ccccc5)ncnc43)[C@H](O)[C@@H]2O)(c2ccccc2)c2ccccc2)cc1. The van der Waals surface area contributed by atoms with Crippen molar-refractivity contribution in [2.45, 2.75) is 30.1 Å². The van der Waals surface area contributed by atoms with E-state index >= 15 is 0 Å². The van der Waals surface area contributed by atoms with Crippen molar-refractivity contribution in [3.05, 3.63) is 150 Å². The van der Waals surface area contributed by atoms with Crippen molar-refractivity contribution in [1.82, 2.24) is 19.5 Å². The van der Waals surface area contributed by atoms with E-state index in [4.69, 9.17) is 14.2 Å². The van der Waals surface area contributed by atoms with E-state index in [1.165, 1.54) is 17.2 Å². The van der Waals surface area contributed by atoms with Crippen LogP contribution >= 0.6 is 0 Å². The lowest BCUT2D eigenvalue weighted by atomic mass is 9.80. The van der Waals surface area contributed by atoms with Crippen molar-refractivity contribution in [2.75, 3.05) is 19.0 Å².